The normalized spacial score (nSPS) is 10.8. The van der Waals surface area contributed by atoms with Gasteiger partial charge in [0.2, 0.25) is 0 Å². The van der Waals surface area contributed by atoms with E-state index in [1.807, 2.05) is 0 Å². The minimum Gasteiger partial charge on any atom is -0.478 e. The molecule has 1 aromatic carbocycles. The van der Waals surface area contributed by atoms with Crippen LogP contribution in [-0.4, -0.2) is 11.1 Å². The van der Waals surface area contributed by atoms with Crippen LogP contribution in [0.3, 0.4) is 0 Å². The van der Waals surface area contributed by atoms with E-state index in [9.17, 15) is 4.79 Å². The summed E-state index contributed by atoms with van der Waals surface area (Å²) in [6.45, 7) is 1.79. The highest BCUT2D eigenvalue weighted by molar-refractivity contribution is 6.34. The van der Waals surface area contributed by atoms with Crippen LogP contribution in [0.5, 0.6) is 0 Å². The lowest BCUT2D eigenvalue weighted by molar-refractivity contribution is -0.131. The zero-order valence-electron chi connectivity index (χ0n) is 7.42. The molecule has 0 aliphatic carbocycles. The Morgan fingerprint density at radius 3 is 2.50 bits per heavy atom. The first-order valence-electron chi connectivity index (χ1n) is 3.88. The lowest BCUT2D eigenvalue weighted by Crippen LogP contribution is -1.88. The Balaban J connectivity index is 3.19. The number of rotatable bonds is 2. The first-order chi connectivity index (χ1) is 6.52. The molecule has 0 spiro atoms. The highest BCUT2D eigenvalue weighted by Gasteiger charge is 2.04. The van der Waals surface area contributed by atoms with Crippen molar-refractivity contribution < 1.29 is 9.90 Å². The van der Waals surface area contributed by atoms with E-state index < -0.39 is 5.97 Å². The molecule has 74 valence electrons. The van der Waals surface area contributed by atoms with Crippen LogP contribution in [-0.2, 0) is 4.79 Å². The van der Waals surface area contributed by atoms with Gasteiger partial charge in [-0.2, -0.15) is 0 Å². The molecule has 0 saturated carbocycles. The Labute approximate surface area is 91.8 Å². The zero-order valence-corrected chi connectivity index (χ0v) is 8.93. The standard InChI is InChI=1S/C10H8Cl2O2/c1-6-7(2-5-10(13)14)9(12)4-3-8(6)11/h2-5H,1H3,(H,13,14). The molecule has 14 heavy (non-hydrogen) atoms. The van der Waals surface area contributed by atoms with Gasteiger partial charge in [0.15, 0.2) is 0 Å². The van der Waals surface area contributed by atoms with Crippen molar-refractivity contribution >= 4 is 35.2 Å². The van der Waals surface area contributed by atoms with Crippen LogP contribution in [0.15, 0.2) is 18.2 Å². The van der Waals surface area contributed by atoms with Crippen LogP contribution in [0.1, 0.15) is 11.1 Å². The van der Waals surface area contributed by atoms with Gasteiger partial charge in [-0.1, -0.05) is 23.2 Å². The molecule has 0 fully saturated rings. The van der Waals surface area contributed by atoms with Gasteiger partial charge in [-0.05, 0) is 36.3 Å². The summed E-state index contributed by atoms with van der Waals surface area (Å²) in [5, 5.41) is 9.52. The van der Waals surface area contributed by atoms with Gasteiger partial charge >= 0.3 is 5.97 Å². The molecule has 4 heteroatoms. The molecule has 0 unspecified atom stereocenters. The average Bonchev–Trinajstić information content (AvgIpc) is 2.11. The zero-order chi connectivity index (χ0) is 10.7. The predicted octanol–water partition coefficient (Wildman–Crippen LogP) is 3.40. The van der Waals surface area contributed by atoms with Crippen LogP contribution in [0.4, 0.5) is 0 Å². The monoisotopic (exact) mass is 230 g/mol. The minimum atomic E-state index is -1.01. The predicted molar refractivity (Wildman–Crippen MR) is 57.9 cm³/mol. The van der Waals surface area contributed by atoms with Crippen molar-refractivity contribution in [3.63, 3.8) is 0 Å². The molecule has 0 radical (unpaired) electrons. The molecule has 1 N–H and O–H groups in total. The number of benzene rings is 1. The van der Waals surface area contributed by atoms with Crippen molar-refractivity contribution in [2.45, 2.75) is 6.92 Å². The Bertz CT molecular complexity index is 397. The van der Waals surface area contributed by atoms with E-state index in [0.717, 1.165) is 11.6 Å². The second kappa shape index (κ2) is 4.49. The molecule has 2 nitrogen and oxygen atoms in total. The maximum Gasteiger partial charge on any atom is 0.328 e. The molecule has 1 rings (SSSR count). The Kier molecular flexibility index (Phi) is 3.55. The maximum atomic E-state index is 10.3. The fourth-order valence-electron chi connectivity index (χ4n) is 1.03. The molecule has 0 heterocycles. The van der Waals surface area contributed by atoms with Gasteiger partial charge in [-0.25, -0.2) is 4.79 Å². The van der Waals surface area contributed by atoms with Crippen LogP contribution < -0.4 is 0 Å². The van der Waals surface area contributed by atoms with E-state index in [1.165, 1.54) is 6.08 Å². The summed E-state index contributed by atoms with van der Waals surface area (Å²) in [6.07, 6.45) is 2.47. The summed E-state index contributed by atoms with van der Waals surface area (Å²) in [4.78, 5) is 10.3. The van der Waals surface area contributed by atoms with Crippen LogP contribution in [0.2, 0.25) is 10.0 Å². The molecule has 0 aromatic heterocycles. The molecule has 0 bridgehead atoms. The van der Waals surface area contributed by atoms with E-state index >= 15 is 0 Å². The molecule has 1 aromatic rings. The third kappa shape index (κ3) is 2.50. The average molecular weight is 231 g/mol. The van der Waals surface area contributed by atoms with Gasteiger partial charge < -0.3 is 5.11 Å². The van der Waals surface area contributed by atoms with E-state index in [-0.39, 0.29) is 0 Å². The van der Waals surface area contributed by atoms with Crippen LogP contribution >= 0.6 is 23.2 Å². The summed E-state index contributed by atoms with van der Waals surface area (Å²) >= 11 is 11.7. The largest absolute Gasteiger partial charge is 0.478 e. The third-order valence-corrected chi connectivity index (χ3v) is 2.53. The summed E-state index contributed by atoms with van der Waals surface area (Å²) in [5.41, 5.74) is 1.42. The number of hydrogen-bond acceptors (Lipinski definition) is 1. The Morgan fingerprint density at radius 1 is 1.36 bits per heavy atom. The fraction of sp³-hybridized carbons (Fsp3) is 0.100. The number of carboxylic acid groups (broad SMARTS) is 1. The van der Waals surface area contributed by atoms with E-state index in [0.29, 0.717) is 15.6 Å². The van der Waals surface area contributed by atoms with Crippen molar-refractivity contribution in [3.8, 4) is 0 Å². The smallest absolute Gasteiger partial charge is 0.328 e. The van der Waals surface area contributed by atoms with Crippen LogP contribution in [0.25, 0.3) is 6.08 Å². The number of carboxylic acids is 1. The summed E-state index contributed by atoms with van der Waals surface area (Å²) in [5.74, 6) is -1.01. The van der Waals surface area contributed by atoms with Gasteiger partial charge in [-0.15, -0.1) is 0 Å². The highest BCUT2D eigenvalue weighted by Crippen LogP contribution is 2.27. The van der Waals surface area contributed by atoms with Gasteiger partial charge in [0.05, 0.1) is 0 Å². The molecular formula is C10H8Cl2O2. The van der Waals surface area contributed by atoms with Crippen molar-refractivity contribution in [3.05, 3.63) is 39.4 Å². The van der Waals surface area contributed by atoms with Crippen molar-refractivity contribution in [2.75, 3.05) is 0 Å². The van der Waals surface area contributed by atoms with Crippen molar-refractivity contribution in [1.29, 1.82) is 0 Å². The number of halogens is 2. The highest BCUT2D eigenvalue weighted by atomic mass is 35.5. The topological polar surface area (TPSA) is 37.3 Å². The number of carbonyl (C=O) groups is 1. The molecule has 0 amide bonds. The second-order valence-corrected chi connectivity index (χ2v) is 3.55. The molecule has 0 aliphatic rings. The third-order valence-electron chi connectivity index (χ3n) is 1.79. The maximum absolute atomic E-state index is 10.3. The Hall–Kier alpha value is -0.990. The van der Waals surface area contributed by atoms with Gasteiger partial charge in [0.1, 0.15) is 0 Å². The van der Waals surface area contributed by atoms with E-state index in [4.69, 9.17) is 28.3 Å². The number of hydrogen-bond donors (Lipinski definition) is 1. The first kappa shape index (κ1) is 11.1. The van der Waals surface area contributed by atoms with E-state index in [2.05, 4.69) is 0 Å². The fourth-order valence-corrected chi connectivity index (χ4v) is 1.46. The lowest BCUT2D eigenvalue weighted by atomic mass is 10.1. The number of aliphatic carboxylic acids is 1. The Morgan fingerprint density at radius 2 is 1.93 bits per heavy atom. The van der Waals surface area contributed by atoms with E-state index in [1.54, 1.807) is 19.1 Å². The van der Waals surface area contributed by atoms with Gasteiger partial charge in [0.25, 0.3) is 0 Å². The summed E-state index contributed by atoms with van der Waals surface area (Å²) in [6, 6.07) is 3.32. The SMILES string of the molecule is Cc1c(Cl)ccc(Cl)c1C=CC(=O)O. The molecule has 0 saturated heterocycles. The van der Waals surface area contributed by atoms with Crippen molar-refractivity contribution in [2.24, 2.45) is 0 Å². The van der Waals surface area contributed by atoms with Gasteiger partial charge in [0, 0.05) is 16.1 Å². The quantitative estimate of drug-likeness (QED) is 0.792. The molecule has 0 atom stereocenters. The summed E-state index contributed by atoms with van der Waals surface area (Å²) < 4.78 is 0. The second-order valence-electron chi connectivity index (χ2n) is 2.74. The molecule has 0 aliphatic heterocycles. The van der Waals surface area contributed by atoms with Gasteiger partial charge in [-0.3, -0.25) is 0 Å². The molecular weight excluding hydrogens is 223 g/mol. The summed E-state index contributed by atoms with van der Waals surface area (Å²) in [7, 11) is 0. The lowest BCUT2D eigenvalue weighted by Gasteiger charge is -2.04. The van der Waals surface area contributed by atoms with Crippen LogP contribution in [0, 0.1) is 6.92 Å². The first-order valence-corrected chi connectivity index (χ1v) is 4.63. The van der Waals surface area contributed by atoms with Crippen molar-refractivity contribution in [1.82, 2.24) is 0 Å². The minimum absolute atomic E-state index is 0.490.